The maximum atomic E-state index is 13.9. The van der Waals surface area contributed by atoms with E-state index in [2.05, 4.69) is 0 Å². The molecule has 0 saturated heterocycles. The summed E-state index contributed by atoms with van der Waals surface area (Å²) in [6.45, 7) is 3.08. The van der Waals surface area contributed by atoms with Gasteiger partial charge in [0.1, 0.15) is 8.07 Å². The zero-order valence-corrected chi connectivity index (χ0v) is 11.8. The van der Waals surface area contributed by atoms with Gasteiger partial charge in [0.2, 0.25) is 5.82 Å². The van der Waals surface area contributed by atoms with E-state index in [9.17, 15) is 22.0 Å². The fraction of sp³-hybridized carbons (Fsp3) is 0.143. The van der Waals surface area contributed by atoms with E-state index in [1.807, 2.05) is 0 Å². The van der Waals surface area contributed by atoms with Gasteiger partial charge in [-0.3, -0.25) is 0 Å². The predicted octanol–water partition coefficient (Wildman–Crippen LogP) is 3.20. The summed E-state index contributed by atoms with van der Waals surface area (Å²) in [5.41, 5.74) is 0. The second kappa shape index (κ2) is 5.01. The molecule has 0 bridgehead atoms. The van der Waals surface area contributed by atoms with E-state index in [0.717, 1.165) is 0 Å². The lowest BCUT2D eigenvalue weighted by atomic mass is 10.3. The molecule has 106 valence electrons. The van der Waals surface area contributed by atoms with Crippen LogP contribution in [0.2, 0.25) is 13.1 Å². The van der Waals surface area contributed by atoms with Crippen molar-refractivity contribution in [3.8, 4) is 0 Å². The topological polar surface area (TPSA) is 0 Å². The van der Waals surface area contributed by atoms with Crippen molar-refractivity contribution in [2.75, 3.05) is 0 Å². The minimum absolute atomic E-state index is 0.586. The zero-order chi connectivity index (χ0) is 15.1. The van der Waals surface area contributed by atoms with Gasteiger partial charge in [-0.05, 0) is 0 Å². The summed E-state index contributed by atoms with van der Waals surface area (Å²) in [4.78, 5) is 0. The fourth-order valence-corrected chi connectivity index (χ4v) is 4.78. The lowest BCUT2D eigenvalue weighted by Gasteiger charge is -2.25. The van der Waals surface area contributed by atoms with Crippen molar-refractivity contribution in [1.82, 2.24) is 0 Å². The quantitative estimate of drug-likeness (QED) is 0.346. The van der Waals surface area contributed by atoms with E-state index >= 15 is 0 Å². The van der Waals surface area contributed by atoms with Gasteiger partial charge in [-0.1, -0.05) is 48.6 Å². The molecule has 0 aliphatic rings. The molecule has 0 unspecified atom stereocenters. The van der Waals surface area contributed by atoms with E-state index in [1.54, 1.807) is 43.4 Å². The molecule has 20 heavy (non-hydrogen) atoms. The zero-order valence-electron chi connectivity index (χ0n) is 10.8. The number of halogens is 5. The molecule has 0 aliphatic heterocycles. The number of hydrogen-bond donors (Lipinski definition) is 0. The van der Waals surface area contributed by atoms with Gasteiger partial charge in [-0.2, -0.15) is 0 Å². The second-order valence-corrected chi connectivity index (χ2v) is 9.26. The van der Waals surface area contributed by atoms with Crippen LogP contribution in [0.3, 0.4) is 0 Å². The van der Waals surface area contributed by atoms with Crippen molar-refractivity contribution in [1.29, 1.82) is 0 Å². The van der Waals surface area contributed by atoms with Crippen molar-refractivity contribution < 1.29 is 22.0 Å². The average Bonchev–Trinajstić information content (AvgIpc) is 2.44. The maximum absolute atomic E-state index is 13.9. The first kappa shape index (κ1) is 14.7. The van der Waals surface area contributed by atoms with Crippen molar-refractivity contribution >= 4 is 18.4 Å². The molecule has 2 aromatic carbocycles. The monoisotopic (exact) mass is 302 g/mol. The predicted molar refractivity (Wildman–Crippen MR) is 69.4 cm³/mol. The Balaban J connectivity index is 2.76. The summed E-state index contributed by atoms with van der Waals surface area (Å²) in [7, 11) is -3.03. The molecule has 2 rings (SSSR count). The first-order valence-corrected chi connectivity index (χ1v) is 8.86. The first-order valence-electron chi connectivity index (χ1n) is 5.86. The number of rotatable bonds is 2. The smallest absolute Gasteiger partial charge is 0.200 e. The molecule has 0 atom stereocenters. The first-order chi connectivity index (χ1) is 9.28. The van der Waals surface area contributed by atoms with E-state index in [-0.39, 0.29) is 0 Å². The largest absolute Gasteiger partial charge is 0.204 e. The molecule has 0 radical (unpaired) electrons. The Bertz CT molecular complexity index is 623. The molecule has 6 heteroatoms. The highest BCUT2D eigenvalue weighted by molar-refractivity contribution is 7.00. The maximum Gasteiger partial charge on any atom is 0.200 e. The van der Waals surface area contributed by atoms with Crippen LogP contribution in [0, 0.1) is 29.1 Å². The summed E-state index contributed by atoms with van der Waals surface area (Å²) in [6.07, 6.45) is 0. The SMILES string of the molecule is C[Si](C)(c1ccccc1)c1c(F)c(F)c(F)c(F)c1F. The van der Waals surface area contributed by atoms with Crippen LogP contribution in [0.4, 0.5) is 22.0 Å². The molecule has 0 N–H and O–H groups in total. The molecule has 0 nitrogen and oxygen atoms in total. The minimum atomic E-state index is -3.03. The Morgan fingerprint density at radius 1 is 0.650 bits per heavy atom. The number of hydrogen-bond acceptors (Lipinski definition) is 0. The third-order valence-electron chi connectivity index (χ3n) is 3.33. The Labute approximate surface area is 113 Å². The van der Waals surface area contributed by atoms with Gasteiger partial charge < -0.3 is 0 Å². The van der Waals surface area contributed by atoms with Crippen LogP contribution in [0.15, 0.2) is 30.3 Å². The van der Waals surface area contributed by atoms with Crippen LogP contribution < -0.4 is 10.4 Å². The van der Waals surface area contributed by atoms with Gasteiger partial charge in [0.15, 0.2) is 23.3 Å². The molecule has 0 aromatic heterocycles. The van der Waals surface area contributed by atoms with Gasteiger partial charge >= 0.3 is 0 Å². The molecular weight excluding hydrogens is 291 g/mol. The molecule has 2 aromatic rings. The molecule has 0 fully saturated rings. The van der Waals surface area contributed by atoms with Gasteiger partial charge in [0.25, 0.3) is 0 Å². The summed E-state index contributed by atoms with van der Waals surface area (Å²) in [5.74, 6) is -9.38. The van der Waals surface area contributed by atoms with Crippen LogP contribution in [0.5, 0.6) is 0 Å². The highest BCUT2D eigenvalue weighted by Crippen LogP contribution is 2.19. The van der Waals surface area contributed by atoms with E-state index in [1.165, 1.54) is 0 Å². The molecular formula is C14H11F5Si. The van der Waals surface area contributed by atoms with Gasteiger partial charge in [-0.25, -0.2) is 22.0 Å². The molecule has 0 spiro atoms. The lowest BCUT2D eigenvalue weighted by Crippen LogP contribution is -2.56. The standard InChI is InChI=1S/C14H11F5Si/c1-20(2,8-6-4-3-5-7-8)14-12(18)10(16)9(15)11(17)13(14)19/h3-7H,1-2H3. The van der Waals surface area contributed by atoms with Crippen LogP contribution in [0.1, 0.15) is 0 Å². The van der Waals surface area contributed by atoms with Crippen molar-refractivity contribution in [2.24, 2.45) is 0 Å². The Morgan fingerprint density at radius 2 is 1.05 bits per heavy atom. The van der Waals surface area contributed by atoms with Crippen LogP contribution in [0.25, 0.3) is 0 Å². The Kier molecular flexibility index (Phi) is 3.69. The molecule has 0 aliphatic carbocycles. The van der Waals surface area contributed by atoms with Crippen molar-refractivity contribution in [3.63, 3.8) is 0 Å². The highest BCUT2D eigenvalue weighted by Gasteiger charge is 2.37. The third-order valence-corrected chi connectivity index (χ3v) is 6.80. The molecule has 0 saturated carbocycles. The van der Waals surface area contributed by atoms with E-state index < -0.39 is 42.3 Å². The van der Waals surface area contributed by atoms with Crippen LogP contribution in [-0.4, -0.2) is 8.07 Å². The summed E-state index contributed by atoms with van der Waals surface area (Å²) in [5, 5.41) is -0.108. The molecule has 0 amide bonds. The van der Waals surface area contributed by atoms with Gasteiger partial charge in [0.05, 0.1) is 0 Å². The van der Waals surface area contributed by atoms with Crippen molar-refractivity contribution in [3.05, 3.63) is 59.4 Å². The fourth-order valence-electron chi connectivity index (χ4n) is 2.15. The van der Waals surface area contributed by atoms with Gasteiger partial charge in [-0.15, -0.1) is 0 Å². The average molecular weight is 302 g/mol. The van der Waals surface area contributed by atoms with Crippen LogP contribution >= 0.6 is 0 Å². The van der Waals surface area contributed by atoms with Crippen LogP contribution in [-0.2, 0) is 0 Å². The minimum Gasteiger partial charge on any atom is -0.204 e. The summed E-state index contributed by atoms with van der Waals surface area (Å²) < 4.78 is 67.5. The lowest BCUT2D eigenvalue weighted by molar-refractivity contribution is 0.384. The van der Waals surface area contributed by atoms with E-state index in [4.69, 9.17) is 0 Å². The second-order valence-electron chi connectivity index (χ2n) is 4.94. The molecule has 0 heterocycles. The summed E-state index contributed by atoms with van der Waals surface area (Å²) in [6, 6.07) is 8.30. The highest BCUT2D eigenvalue weighted by atomic mass is 28.3. The summed E-state index contributed by atoms with van der Waals surface area (Å²) >= 11 is 0. The van der Waals surface area contributed by atoms with Crippen molar-refractivity contribution in [2.45, 2.75) is 13.1 Å². The normalized spacial score (nSPS) is 11.8. The Morgan fingerprint density at radius 3 is 1.50 bits per heavy atom. The third kappa shape index (κ3) is 2.13. The van der Waals surface area contributed by atoms with E-state index in [0.29, 0.717) is 5.19 Å². The number of benzene rings is 2. The Hall–Kier alpha value is -1.69. The van der Waals surface area contributed by atoms with Gasteiger partial charge in [0, 0.05) is 5.19 Å².